The zero-order chi connectivity index (χ0) is 23.9. The number of ether oxygens (including phenoxy) is 2. The highest BCUT2D eigenvalue weighted by Crippen LogP contribution is 2.35. The van der Waals surface area contributed by atoms with Gasteiger partial charge in [0.15, 0.2) is 11.5 Å². The van der Waals surface area contributed by atoms with Crippen LogP contribution in [0.1, 0.15) is 12.0 Å². The molecule has 5 rings (SSSR count). The van der Waals surface area contributed by atoms with Crippen LogP contribution in [-0.2, 0) is 26.2 Å². The van der Waals surface area contributed by atoms with Crippen LogP contribution in [0.4, 0.5) is 10.1 Å². The summed E-state index contributed by atoms with van der Waals surface area (Å²) in [7, 11) is -4.28. The molecule has 1 atom stereocenters. The first kappa shape index (κ1) is 22.1. The second-order valence-electron chi connectivity index (χ2n) is 7.81. The van der Waals surface area contributed by atoms with Crippen LogP contribution in [0.15, 0.2) is 77.7 Å². The first-order chi connectivity index (χ1) is 16.3. The van der Waals surface area contributed by atoms with E-state index in [1.54, 1.807) is 48.5 Å². The second kappa shape index (κ2) is 8.54. The minimum Gasteiger partial charge on any atom is -0.454 e. The van der Waals surface area contributed by atoms with E-state index >= 15 is 0 Å². The van der Waals surface area contributed by atoms with E-state index in [-0.39, 0.29) is 24.7 Å². The highest BCUT2D eigenvalue weighted by Gasteiger charge is 2.47. The lowest BCUT2D eigenvalue weighted by Gasteiger charge is -2.27. The molecule has 2 aliphatic heterocycles. The third kappa shape index (κ3) is 3.91. The van der Waals surface area contributed by atoms with Crippen LogP contribution >= 0.6 is 0 Å². The Balaban J connectivity index is 1.54. The summed E-state index contributed by atoms with van der Waals surface area (Å²) in [6.45, 7) is -0.152. The van der Waals surface area contributed by atoms with Crippen LogP contribution in [-0.4, -0.2) is 37.4 Å². The number of nitrogens with zero attached hydrogens (tertiary/aromatic N) is 2. The van der Waals surface area contributed by atoms with Gasteiger partial charge in [-0.15, -0.1) is 0 Å². The number of anilines is 1. The van der Waals surface area contributed by atoms with E-state index < -0.39 is 33.7 Å². The van der Waals surface area contributed by atoms with Gasteiger partial charge in [-0.2, -0.15) is 4.31 Å². The average Bonchev–Trinajstić information content (AvgIpc) is 3.41. The number of rotatable bonds is 6. The number of hydrogen-bond donors (Lipinski definition) is 0. The molecule has 0 radical (unpaired) electrons. The van der Waals surface area contributed by atoms with Gasteiger partial charge in [-0.1, -0.05) is 24.3 Å². The van der Waals surface area contributed by atoms with Crippen LogP contribution in [0.5, 0.6) is 11.5 Å². The normalized spacial score (nSPS) is 17.6. The van der Waals surface area contributed by atoms with Crippen molar-refractivity contribution in [2.24, 2.45) is 0 Å². The van der Waals surface area contributed by atoms with Gasteiger partial charge in [0.25, 0.3) is 5.91 Å². The molecule has 1 fully saturated rings. The first-order valence-electron chi connectivity index (χ1n) is 10.4. The number of halogens is 1. The van der Waals surface area contributed by atoms with E-state index in [1.807, 2.05) is 0 Å². The summed E-state index contributed by atoms with van der Waals surface area (Å²) in [4.78, 5) is 27.0. The Kier molecular flexibility index (Phi) is 5.54. The molecule has 0 aromatic heterocycles. The quantitative estimate of drug-likeness (QED) is 0.502. The number of fused-ring (bicyclic) bond motifs is 1. The second-order valence-corrected chi connectivity index (χ2v) is 9.71. The van der Waals surface area contributed by atoms with E-state index in [1.165, 1.54) is 0 Å². The van der Waals surface area contributed by atoms with Crippen LogP contribution in [0, 0.1) is 5.82 Å². The van der Waals surface area contributed by atoms with Crippen molar-refractivity contribution in [2.75, 3.05) is 11.7 Å². The molecule has 0 bridgehead atoms. The number of imide groups is 1. The Bertz CT molecular complexity index is 1360. The Labute approximate surface area is 195 Å². The largest absolute Gasteiger partial charge is 0.454 e. The van der Waals surface area contributed by atoms with Gasteiger partial charge in [-0.05, 0) is 54.1 Å². The van der Waals surface area contributed by atoms with Crippen LogP contribution in [0.2, 0.25) is 0 Å². The van der Waals surface area contributed by atoms with Gasteiger partial charge in [0, 0.05) is 6.54 Å². The van der Waals surface area contributed by atoms with Crippen molar-refractivity contribution in [1.29, 1.82) is 0 Å². The first-order valence-corrected chi connectivity index (χ1v) is 11.9. The van der Waals surface area contributed by atoms with Crippen molar-refractivity contribution < 1.29 is 31.9 Å². The van der Waals surface area contributed by atoms with Gasteiger partial charge in [0.2, 0.25) is 22.7 Å². The van der Waals surface area contributed by atoms with E-state index in [4.69, 9.17) is 9.47 Å². The lowest BCUT2D eigenvalue weighted by atomic mass is 10.1. The highest BCUT2D eigenvalue weighted by atomic mass is 32.2. The standard InChI is InChI=1S/C24H19FN2O6S/c25-17-7-9-19(10-8-17)34(30,31)26(14-16-6-11-21-22(12-16)33-15-32-21)20-13-23(28)27(24(20)29)18-4-2-1-3-5-18/h1-12,20H,13-15H2. The van der Waals surface area contributed by atoms with Crippen LogP contribution in [0.25, 0.3) is 0 Å². The number of benzene rings is 3. The number of hydrogen-bond acceptors (Lipinski definition) is 6. The van der Waals surface area contributed by atoms with Crippen molar-refractivity contribution in [3.05, 3.63) is 84.2 Å². The van der Waals surface area contributed by atoms with Gasteiger partial charge in [-0.3, -0.25) is 9.59 Å². The molecule has 8 nitrogen and oxygen atoms in total. The smallest absolute Gasteiger partial charge is 0.252 e. The molecule has 1 saturated heterocycles. The summed E-state index contributed by atoms with van der Waals surface area (Å²) in [5, 5.41) is 0. The molecule has 0 saturated carbocycles. The Hall–Kier alpha value is -3.76. The Morgan fingerprint density at radius 3 is 2.38 bits per heavy atom. The molecule has 2 amide bonds. The topological polar surface area (TPSA) is 93.2 Å². The molecule has 3 aromatic rings. The maximum atomic E-state index is 13.6. The summed E-state index contributed by atoms with van der Waals surface area (Å²) in [6.07, 6.45) is -0.321. The van der Waals surface area contributed by atoms with Crippen molar-refractivity contribution in [3.63, 3.8) is 0 Å². The molecule has 1 unspecified atom stereocenters. The van der Waals surface area contributed by atoms with Crippen LogP contribution in [0.3, 0.4) is 0 Å². The fourth-order valence-electron chi connectivity index (χ4n) is 4.01. The van der Waals surface area contributed by atoms with Crippen molar-refractivity contribution >= 4 is 27.5 Å². The maximum Gasteiger partial charge on any atom is 0.252 e. The molecular formula is C24H19FN2O6S. The average molecular weight is 482 g/mol. The summed E-state index contributed by atoms with van der Waals surface area (Å²) in [6, 6.07) is 16.3. The Morgan fingerprint density at radius 2 is 1.65 bits per heavy atom. The van der Waals surface area contributed by atoms with Crippen LogP contribution < -0.4 is 14.4 Å². The fraction of sp³-hybridized carbons (Fsp3) is 0.167. The number of sulfonamides is 1. The van der Waals surface area contributed by atoms with Crippen molar-refractivity contribution in [2.45, 2.75) is 23.9 Å². The molecule has 34 heavy (non-hydrogen) atoms. The molecule has 3 aromatic carbocycles. The summed E-state index contributed by atoms with van der Waals surface area (Å²) >= 11 is 0. The molecule has 2 heterocycles. The third-order valence-corrected chi connectivity index (χ3v) is 7.55. The molecule has 0 spiro atoms. The fourth-order valence-corrected chi connectivity index (χ4v) is 5.58. The van der Waals surface area contributed by atoms with Crippen molar-refractivity contribution in [1.82, 2.24) is 4.31 Å². The van der Waals surface area contributed by atoms with Gasteiger partial charge in [-0.25, -0.2) is 17.7 Å². The highest BCUT2D eigenvalue weighted by molar-refractivity contribution is 7.89. The molecule has 174 valence electrons. The lowest BCUT2D eigenvalue weighted by molar-refractivity contribution is -0.122. The van der Waals surface area contributed by atoms with E-state index in [2.05, 4.69) is 0 Å². The predicted octanol–water partition coefficient (Wildman–Crippen LogP) is 3.08. The monoisotopic (exact) mass is 482 g/mol. The van der Waals surface area contributed by atoms with Gasteiger partial charge in [0.1, 0.15) is 11.9 Å². The maximum absolute atomic E-state index is 13.6. The zero-order valence-electron chi connectivity index (χ0n) is 17.8. The SMILES string of the molecule is O=C1CC(N(Cc2ccc3c(c2)OCO3)S(=O)(=O)c2ccc(F)cc2)C(=O)N1c1ccccc1. The molecule has 10 heteroatoms. The molecular weight excluding hydrogens is 463 g/mol. The number of carbonyl (C=O) groups excluding carboxylic acids is 2. The minimum absolute atomic E-state index is 0.0536. The van der Waals surface area contributed by atoms with Crippen molar-refractivity contribution in [3.8, 4) is 11.5 Å². The van der Waals surface area contributed by atoms with E-state index in [9.17, 15) is 22.4 Å². The Morgan fingerprint density at radius 1 is 0.941 bits per heavy atom. The van der Waals surface area contributed by atoms with E-state index in [0.29, 0.717) is 22.7 Å². The number of carbonyl (C=O) groups is 2. The van der Waals surface area contributed by atoms with Gasteiger partial charge < -0.3 is 9.47 Å². The minimum atomic E-state index is -4.28. The molecule has 0 N–H and O–H groups in total. The molecule has 0 aliphatic carbocycles. The van der Waals surface area contributed by atoms with Gasteiger partial charge >= 0.3 is 0 Å². The van der Waals surface area contributed by atoms with Gasteiger partial charge in [0.05, 0.1) is 17.0 Å². The summed E-state index contributed by atoms with van der Waals surface area (Å²) in [5.41, 5.74) is 0.899. The number of amides is 2. The van der Waals surface area contributed by atoms with E-state index in [0.717, 1.165) is 33.5 Å². The number of para-hydroxylation sites is 1. The lowest BCUT2D eigenvalue weighted by Crippen LogP contribution is -2.45. The third-order valence-electron chi connectivity index (χ3n) is 5.68. The molecule has 2 aliphatic rings. The zero-order valence-corrected chi connectivity index (χ0v) is 18.6. The predicted molar refractivity (Wildman–Crippen MR) is 119 cm³/mol. The summed E-state index contributed by atoms with van der Waals surface area (Å²) < 4.78 is 52.4. The summed E-state index contributed by atoms with van der Waals surface area (Å²) in [5.74, 6) is -0.770.